The highest BCUT2D eigenvalue weighted by atomic mass is 32.2. The first-order valence-corrected chi connectivity index (χ1v) is 16.5. The van der Waals surface area contributed by atoms with Crippen molar-refractivity contribution in [3.63, 3.8) is 0 Å². The largest absolute Gasteiger partial charge is 0.390 e. The lowest BCUT2D eigenvalue weighted by Crippen LogP contribution is -2.54. The molecule has 3 N–H and O–H groups in total. The van der Waals surface area contributed by atoms with Gasteiger partial charge < -0.3 is 15.7 Å². The molecule has 1 aromatic carbocycles. The number of nitrogens with zero attached hydrogens (tertiary/aromatic N) is 5. The Morgan fingerprint density at radius 1 is 1.12 bits per heavy atom. The van der Waals surface area contributed by atoms with Gasteiger partial charge >= 0.3 is 0 Å². The molecule has 41 heavy (non-hydrogen) atoms. The van der Waals surface area contributed by atoms with Gasteiger partial charge in [0.15, 0.2) is 0 Å². The fourth-order valence-electron chi connectivity index (χ4n) is 6.30. The van der Waals surface area contributed by atoms with Gasteiger partial charge in [0, 0.05) is 64.9 Å². The van der Waals surface area contributed by atoms with Crippen LogP contribution in [-0.4, -0.2) is 69.6 Å². The summed E-state index contributed by atoms with van der Waals surface area (Å²) in [7, 11) is -3.42. The summed E-state index contributed by atoms with van der Waals surface area (Å²) in [4.78, 5) is 23.7. The van der Waals surface area contributed by atoms with Gasteiger partial charge in [0.25, 0.3) is 0 Å². The number of aliphatic hydroxyl groups is 1. The van der Waals surface area contributed by atoms with Gasteiger partial charge in [-0.05, 0) is 74.0 Å². The zero-order valence-electron chi connectivity index (χ0n) is 23.1. The highest BCUT2D eigenvalue weighted by Crippen LogP contribution is 2.44. The van der Waals surface area contributed by atoms with Crippen molar-refractivity contribution in [3.8, 4) is 0 Å². The molecule has 1 aliphatic carbocycles. The molecule has 0 unspecified atom stereocenters. The van der Waals surface area contributed by atoms with Crippen molar-refractivity contribution in [2.45, 2.75) is 57.1 Å². The van der Waals surface area contributed by atoms with E-state index in [-0.39, 0.29) is 18.4 Å². The summed E-state index contributed by atoms with van der Waals surface area (Å²) in [5.74, 6) is 0.595. The predicted octanol–water partition coefficient (Wildman–Crippen LogP) is 3.92. The number of hydrogen-bond donors (Lipinski definition) is 2. The molecular weight excluding hydrogens is 560 g/mol. The summed E-state index contributed by atoms with van der Waals surface area (Å²) in [6, 6.07) is 9.63. The number of benzene rings is 1. The van der Waals surface area contributed by atoms with Crippen LogP contribution < -0.4 is 10.6 Å². The molecular formula is C29H34N6O4S2. The number of aliphatic hydroxyl groups excluding tert-OH is 1. The number of hydrogen-bond acceptors (Lipinski definition) is 9. The van der Waals surface area contributed by atoms with Gasteiger partial charge in [0.1, 0.15) is 5.82 Å². The van der Waals surface area contributed by atoms with E-state index in [9.17, 15) is 18.3 Å². The summed E-state index contributed by atoms with van der Waals surface area (Å²) in [5.41, 5.74) is 7.03. The quantitative estimate of drug-likeness (QED) is 0.342. The number of nitrogens with two attached hydrogens (primary N) is 1. The first kappa shape index (κ1) is 28.0. The smallest absolute Gasteiger partial charge is 0.223 e. The van der Waals surface area contributed by atoms with Crippen LogP contribution in [0.4, 0.5) is 11.5 Å². The van der Waals surface area contributed by atoms with E-state index in [2.05, 4.69) is 4.37 Å². The van der Waals surface area contributed by atoms with Crippen molar-refractivity contribution in [2.75, 3.05) is 24.2 Å². The van der Waals surface area contributed by atoms with Gasteiger partial charge in [0.2, 0.25) is 15.9 Å². The average Bonchev–Trinajstić information content (AvgIpc) is 3.42. The monoisotopic (exact) mass is 594 g/mol. The topological polar surface area (TPSA) is 143 Å². The molecule has 2 fully saturated rings. The van der Waals surface area contributed by atoms with E-state index in [0.29, 0.717) is 18.8 Å². The molecule has 4 aromatic rings. The molecule has 0 bridgehead atoms. The van der Waals surface area contributed by atoms with Crippen molar-refractivity contribution in [3.05, 3.63) is 54.6 Å². The Balaban J connectivity index is 1.41. The van der Waals surface area contributed by atoms with Crippen LogP contribution in [0.3, 0.4) is 0 Å². The molecule has 1 saturated heterocycles. The molecule has 1 saturated carbocycles. The Kier molecular flexibility index (Phi) is 7.21. The van der Waals surface area contributed by atoms with Crippen LogP contribution in [0.5, 0.6) is 0 Å². The number of anilines is 2. The number of amides is 1. The van der Waals surface area contributed by atoms with Crippen LogP contribution in [0.2, 0.25) is 0 Å². The van der Waals surface area contributed by atoms with E-state index in [0.717, 1.165) is 57.9 Å². The maximum Gasteiger partial charge on any atom is 0.223 e. The van der Waals surface area contributed by atoms with E-state index in [1.807, 2.05) is 54.5 Å². The first-order chi connectivity index (χ1) is 19.5. The molecule has 2 atom stereocenters. The molecule has 12 heteroatoms. The minimum atomic E-state index is -3.42. The fraction of sp³-hybridized carbons (Fsp3) is 0.448. The van der Waals surface area contributed by atoms with Gasteiger partial charge in [-0.2, -0.15) is 8.68 Å². The van der Waals surface area contributed by atoms with E-state index in [1.54, 1.807) is 6.20 Å². The Labute approximate surface area is 243 Å². The average molecular weight is 595 g/mol. The van der Waals surface area contributed by atoms with Gasteiger partial charge in [-0.15, -0.1) is 0 Å². The minimum absolute atomic E-state index is 0.0172. The summed E-state index contributed by atoms with van der Waals surface area (Å²) in [6.45, 7) is 2.27. The number of β-amino-alcohol motifs (C(OH)–C–C–N with tert-alkyl or cyclic N) is 1. The molecule has 4 heterocycles. The van der Waals surface area contributed by atoms with Gasteiger partial charge in [-0.25, -0.2) is 13.4 Å². The molecule has 3 aromatic heterocycles. The maximum atomic E-state index is 12.2. The third-order valence-electron chi connectivity index (χ3n) is 8.91. The molecule has 0 radical (unpaired) electrons. The fourth-order valence-corrected chi connectivity index (χ4v) is 7.79. The Hall–Kier alpha value is -3.19. The third kappa shape index (κ3) is 5.29. The second-order valence-electron chi connectivity index (χ2n) is 11.6. The van der Waals surface area contributed by atoms with Crippen molar-refractivity contribution in [1.82, 2.24) is 18.6 Å². The number of carbonyl (C=O) groups is 1. The van der Waals surface area contributed by atoms with Crippen LogP contribution in [0.1, 0.15) is 50.6 Å². The molecule has 1 aliphatic heterocycles. The number of piperidine rings is 1. The van der Waals surface area contributed by atoms with Gasteiger partial charge in [-0.1, -0.05) is 6.92 Å². The highest BCUT2D eigenvalue weighted by molar-refractivity contribution is 7.88. The lowest BCUT2D eigenvalue weighted by molar-refractivity contribution is -0.128. The molecule has 0 spiro atoms. The summed E-state index contributed by atoms with van der Waals surface area (Å²) < 4.78 is 31.2. The number of aromatic nitrogens is 3. The molecule has 10 nitrogen and oxygen atoms in total. The maximum absolute atomic E-state index is 12.2. The van der Waals surface area contributed by atoms with E-state index < -0.39 is 27.6 Å². The Bertz CT molecular complexity index is 1720. The number of carbonyl (C=O) groups excluding carboxylic acids is 1. The molecule has 1 amide bonds. The van der Waals surface area contributed by atoms with E-state index >= 15 is 0 Å². The number of fused-ring (bicyclic) bond motifs is 2. The van der Waals surface area contributed by atoms with Crippen LogP contribution >= 0.6 is 11.5 Å². The van der Waals surface area contributed by atoms with Crippen LogP contribution in [0.25, 0.3) is 20.9 Å². The molecule has 6 rings (SSSR count). The number of primary amides is 1. The first-order valence-electron chi connectivity index (χ1n) is 13.8. The Morgan fingerprint density at radius 3 is 2.61 bits per heavy atom. The normalized spacial score (nSPS) is 25.9. The summed E-state index contributed by atoms with van der Waals surface area (Å²) >= 11 is 1.42. The van der Waals surface area contributed by atoms with E-state index in [1.165, 1.54) is 22.1 Å². The van der Waals surface area contributed by atoms with Crippen molar-refractivity contribution in [1.29, 1.82) is 0 Å². The second kappa shape index (κ2) is 10.6. The summed E-state index contributed by atoms with van der Waals surface area (Å²) in [5, 5.41) is 14.2. The Morgan fingerprint density at radius 2 is 1.90 bits per heavy atom. The lowest BCUT2D eigenvalue weighted by Gasteiger charge is -2.41. The third-order valence-corrected chi connectivity index (χ3v) is 11.0. The van der Waals surface area contributed by atoms with Gasteiger partial charge in [0.05, 0.1) is 28.8 Å². The van der Waals surface area contributed by atoms with Gasteiger partial charge in [-0.3, -0.25) is 9.78 Å². The van der Waals surface area contributed by atoms with Crippen LogP contribution in [-0.2, 0) is 14.8 Å². The number of sulfonamides is 1. The molecule has 216 valence electrons. The SMILES string of the molecule is CC1(C(N)=O)CCC(c2nccc3cnc(N(c4ccc5sncc5c4)[C@@H]4CCN(S(C)(=O)=O)C[C@H]4O)cc23)CC1. The summed E-state index contributed by atoms with van der Waals surface area (Å²) in [6.07, 6.45) is 9.21. The zero-order valence-corrected chi connectivity index (χ0v) is 24.7. The zero-order chi connectivity index (χ0) is 28.9. The number of rotatable bonds is 6. The van der Waals surface area contributed by atoms with E-state index in [4.69, 9.17) is 15.7 Å². The molecule has 2 aliphatic rings. The van der Waals surface area contributed by atoms with Crippen molar-refractivity contribution >= 4 is 59.8 Å². The minimum Gasteiger partial charge on any atom is -0.390 e. The standard InChI is InChI=1S/C29H34N6O4S2/c1-29(28(30)37)9-5-18(6-10-29)27-22-14-26(32-15-19(22)7-11-31-27)35(21-3-4-25-20(13-21)16-33-40-25)23-8-12-34(17-24(23)36)41(2,38)39/h3-4,7,11,13-16,18,23-24,36H,5-6,8-10,12,17H2,1-2H3,(H2,30,37)/t18?,23-,24-,29?/m1/s1. The van der Waals surface area contributed by atoms with Crippen molar-refractivity contribution in [2.24, 2.45) is 11.1 Å². The second-order valence-corrected chi connectivity index (χ2v) is 14.4. The van der Waals surface area contributed by atoms with Crippen LogP contribution in [0.15, 0.2) is 48.9 Å². The number of pyridine rings is 2. The lowest BCUT2D eigenvalue weighted by atomic mass is 9.70. The van der Waals surface area contributed by atoms with Crippen LogP contribution in [0, 0.1) is 5.41 Å². The highest BCUT2D eigenvalue weighted by Gasteiger charge is 2.38. The predicted molar refractivity (Wildman–Crippen MR) is 161 cm³/mol. The van der Waals surface area contributed by atoms with Crippen molar-refractivity contribution < 1.29 is 18.3 Å².